The maximum absolute atomic E-state index is 13.4. The van der Waals surface area contributed by atoms with Crippen molar-refractivity contribution in [3.63, 3.8) is 0 Å². The van der Waals surface area contributed by atoms with E-state index in [0.717, 1.165) is 25.6 Å². The Morgan fingerprint density at radius 3 is 2.83 bits per heavy atom. The first-order chi connectivity index (χ1) is 11.0. The van der Waals surface area contributed by atoms with E-state index in [-0.39, 0.29) is 5.75 Å². The van der Waals surface area contributed by atoms with Gasteiger partial charge in [-0.2, -0.15) is 0 Å². The van der Waals surface area contributed by atoms with Crippen molar-refractivity contribution in [3.8, 4) is 17.0 Å². The van der Waals surface area contributed by atoms with Crippen LogP contribution in [-0.2, 0) is 0 Å². The van der Waals surface area contributed by atoms with E-state index in [4.69, 9.17) is 0 Å². The van der Waals surface area contributed by atoms with Gasteiger partial charge in [0.1, 0.15) is 17.4 Å². The smallest absolute Gasteiger partial charge is 0.148 e. The number of likely N-dealkylation sites (N-methyl/N-ethyl adjacent to an activating group) is 1. The van der Waals surface area contributed by atoms with Crippen LogP contribution in [0.5, 0.6) is 5.75 Å². The number of nitrogens with one attached hydrogen (secondary N) is 1. The summed E-state index contributed by atoms with van der Waals surface area (Å²) in [7, 11) is 2.11. The van der Waals surface area contributed by atoms with Gasteiger partial charge >= 0.3 is 0 Å². The van der Waals surface area contributed by atoms with E-state index in [1.807, 2.05) is 6.07 Å². The van der Waals surface area contributed by atoms with Crippen LogP contribution < -0.4 is 5.32 Å². The van der Waals surface area contributed by atoms with E-state index >= 15 is 0 Å². The molecule has 0 saturated carbocycles. The van der Waals surface area contributed by atoms with Crippen LogP contribution in [0.4, 0.5) is 10.2 Å². The summed E-state index contributed by atoms with van der Waals surface area (Å²) in [6, 6.07) is 6.69. The lowest BCUT2D eigenvalue weighted by atomic mass is 10.1. The Bertz CT molecular complexity index is 690. The zero-order chi connectivity index (χ0) is 16.4. The molecule has 1 aromatic carbocycles. The maximum atomic E-state index is 13.4. The molecule has 1 aliphatic rings. The molecular weight excluding hydrogens is 295 g/mol. The van der Waals surface area contributed by atoms with Crippen molar-refractivity contribution >= 4 is 5.82 Å². The summed E-state index contributed by atoms with van der Waals surface area (Å²) in [5, 5.41) is 21.6. The number of aromatic nitrogens is 2. The number of anilines is 1. The number of halogens is 1. The summed E-state index contributed by atoms with van der Waals surface area (Å²) in [5.41, 5.74) is 1.48. The number of piperidine rings is 1. The predicted octanol–water partition coefficient (Wildman–Crippen LogP) is 2.80. The Labute approximate surface area is 135 Å². The van der Waals surface area contributed by atoms with Gasteiger partial charge in [0.2, 0.25) is 0 Å². The summed E-state index contributed by atoms with van der Waals surface area (Å²) >= 11 is 0. The predicted molar refractivity (Wildman–Crippen MR) is 88.0 cm³/mol. The van der Waals surface area contributed by atoms with Crippen LogP contribution in [0.25, 0.3) is 11.3 Å². The Balaban J connectivity index is 1.76. The van der Waals surface area contributed by atoms with Crippen LogP contribution in [0.3, 0.4) is 0 Å². The molecule has 0 aliphatic carbocycles. The molecule has 2 N–H and O–H groups in total. The van der Waals surface area contributed by atoms with Gasteiger partial charge in [-0.1, -0.05) is 0 Å². The van der Waals surface area contributed by atoms with Crippen LogP contribution >= 0.6 is 0 Å². The van der Waals surface area contributed by atoms with Crippen LogP contribution in [0.2, 0.25) is 0 Å². The molecule has 1 saturated heterocycles. The fraction of sp³-hybridized carbons (Fsp3) is 0.412. The Morgan fingerprint density at radius 1 is 1.30 bits per heavy atom. The number of rotatable bonds is 3. The van der Waals surface area contributed by atoms with Crippen molar-refractivity contribution in [3.05, 3.63) is 35.6 Å². The summed E-state index contributed by atoms with van der Waals surface area (Å²) in [5.74, 6) is 0.156. The highest BCUT2D eigenvalue weighted by Crippen LogP contribution is 2.30. The molecule has 6 heteroatoms. The molecule has 122 valence electrons. The second-order valence-corrected chi connectivity index (χ2v) is 6.17. The van der Waals surface area contributed by atoms with Crippen molar-refractivity contribution < 1.29 is 9.50 Å². The summed E-state index contributed by atoms with van der Waals surface area (Å²) in [4.78, 5) is 2.29. The van der Waals surface area contributed by atoms with Gasteiger partial charge in [0, 0.05) is 24.2 Å². The fourth-order valence-electron chi connectivity index (χ4n) is 2.92. The van der Waals surface area contributed by atoms with Gasteiger partial charge in [0.15, 0.2) is 0 Å². The zero-order valence-electron chi connectivity index (χ0n) is 13.4. The minimum Gasteiger partial charge on any atom is -0.507 e. The Hall–Kier alpha value is -2.21. The molecule has 1 fully saturated rings. The van der Waals surface area contributed by atoms with Crippen molar-refractivity contribution in [2.75, 3.05) is 25.5 Å². The molecule has 0 spiro atoms. The molecule has 2 heterocycles. The van der Waals surface area contributed by atoms with Gasteiger partial charge in [-0.15, -0.1) is 10.2 Å². The minimum absolute atomic E-state index is 0.128. The molecule has 1 atom stereocenters. The number of phenols is 1. The topological polar surface area (TPSA) is 61.3 Å². The number of hydrogen-bond acceptors (Lipinski definition) is 5. The van der Waals surface area contributed by atoms with Crippen molar-refractivity contribution in [2.45, 2.75) is 25.8 Å². The Morgan fingerprint density at radius 2 is 2.13 bits per heavy atom. The molecular formula is C17H21FN4O. The molecule has 0 bridgehead atoms. The molecule has 1 aliphatic heterocycles. The first-order valence-electron chi connectivity index (χ1n) is 7.81. The van der Waals surface area contributed by atoms with E-state index in [1.165, 1.54) is 6.42 Å². The quantitative estimate of drug-likeness (QED) is 0.912. The number of aryl methyl sites for hydroxylation is 1. The van der Waals surface area contributed by atoms with Crippen LogP contribution in [0.15, 0.2) is 24.3 Å². The third kappa shape index (κ3) is 3.59. The van der Waals surface area contributed by atoms with Crippen molar-refractivity contribution in [2.24, 2.45) is 0 Å². The average molecular weight is 316 g/mol. The third-order valence-corrected chi connectivity index (χ3v) is 4.19. The lowest BCUT2D eigenvalue weighted by Gasteiger charge is -2.30. The summed E-state index contributed by atoms with van der Waals surface area (Å²) in [6.07, 6.45) is 2.29. The monoisotopic (exact) mass is 316 g/mol. The normalized spacial score (nSPS) is 18.8. The molecule has 3 rings (SSSR count). The molecule has 2 aromatic rings. The highest BCUT2D eigenvalue weighted by molar-refractivity contribution is 5.67. The highest BCUT2D eigenvalue weighted by atomic mass is 19.1. The largest absolute Gasteiger partial charge is 0.507 e. The molecule has 1 aromatic heterocycles. The SMILES string of the molecule is Cc1cc(-c2ccc(N[C@@H]3CCCN(C)C3)nn2)c(O)cc1F. The maximum Gasteiger partial charge on any atom is 0.148 e. The number of benzene rings is 1. The van der Waals surface area contributed by atoms with E-state index in [2.05, 4.69) is 27.5 Å². The van der Waals surface area contributed by atoms with E-state index in [1.54, 1.807) is 19.1 Å². The van der Waals surface area contributed by atoms with Crippen LogP contribution in [0, 0.1) is 12.7 Å². The van der Waals surface area contributed by atoms with Crippen molar-refractivity contribution in [1.29, 1.82) is 0 Å². The number of aromatic hydroxyl groups is 1. The molecule has 0 unspecified atom stereocenters. The number of likely N-dealkylation sites (tertiary alicyclic amines) is 1. The van der Waals surface area contributed by atoms with Gasteiger partial charge in [-0.05, 0) is 57.1 Å². The summed E-state index contributed by atoms with van der Waals surface area (Å²) < 4.78 is 13.4. The van der Waals surface area contributed by atoms with Gasteiger partial charge in [0.25, 0.3) is 0 Å². The zero-order valence-corrected chi connectivity index (χ0v) is 13.4. The van der Waals surface area contributed by atoms with E-state index in [9.17, 15) is 9.50 Å². The van der Waals surface area contributed by atoms with Crippen molar-refractivity contribution in [1.82, 2.24) is 15.1 Å². The fourth-order valence-corrected chi connectivity index (χ4v) is 2.92. The van der Waals surface area contributed by atoms with Gasteiger partial charge < -0.3 is 15.3 Å². The number of hydrogen-bond donors (Lipinski definition) is 2. The molecule has 0 amide bonds. The van der Waals surface area contributed by atoms with Gasteiger partial charge in [-0.3, -0.25) is 0 Å². The van der Waals surface area contributed by atoms with Crippen LogP contribution in [0.1, 0.15) is 18.4 Å². The number of phenolic OH excluding ortho intramolecular Hbond substituents is 1. The Kier molecular flexibility index (Phi) is 4.43. The lowest BCUT2D eigenvalue weighted by Crippen LogP contribution is -2.39. The average Bonchev–Trinajstić information content (AvgIpc) is 2.52. The van der Waals surface area contributed by atoms with E-state index < -0.39 is 5.82 Å². The first kappa shape index (κ1) is 15.7. The van der Waals surface area contributed by atoms with Gasteiger partial charge in [0.05, 0.1) is 5.69 Å². The lowest BCUT2D eigenvalue weighted by molar-refractivity contribution is 0.260. The standard InChI is InChI=1S/C17H21FN4O/c1-11-8-13(16(23)9-14(11)18)15-5-6-17(21-20-15)19-12-4-3-7-22(2)10-12/h5-6,8-9,12,23H,3-4,7,10H2,1-2H3,(H,19,21)/t12-/m1/s1. The summed E-state index contributed by atoms with van der Waals surface area (Å²) in [6.45, 7) is 3.77. The molecule has 23 heavy (non-hydrogen) atoms. The van der Waals surface area contributed by atoms with Crippen LogP contribution in [-0.4, -0.2) is 46.4 Å². The number of nitrogens with zero attached hydrogens (tertiary/aromatic N) is 3. The molecule has 0 radical (unpaired) electrons. The van der Waals surface area contributed by atoms with Gasteiger partial charge in [-0.25, -0.2) is 4.39 Å². The highest BCUT2D eigenvalue weighted by Gasteiger charge is 2.17. The second kappa shape index (κ2) is 6.50. The first-order valence-corrected chi connectivity index (χ1v) is 7.81. The molecule has 5 nitrogen and oxygen atoms in total. The second-order valence-electron chi connectivity index (χ2n) is 6.17. The minimum atomic E-state index is -0.432. The third-order valence-electron chi connectivity index (χ3n) is 4.19. The van der Waals surface area contributed by atoms with E-state index in [0.29, 0.717) is 28.7 Å².